The molecule has 2 atom stereocenters. The van der Waals surface area contributed by atoms with E-state index in [4.69, 9.17) is 4.74 Å². The summed E-state index contributed by atoms with van der Waals surface area (Å²) in [5.74, 6) is 1.88. The standard InChI is InChI=1S/C17H24N4O3S/c22-16-7-11-10-25-6-5-13(11)20-21(16)15-9-24-8-14(15)19-17(23)18-12-3-1-2-4-12/h7,12,14-15H,1-6,8-10H2,(H2,18,19,23). The number of ether oxygens (including phenoxy) is 1. The molecule has 25 heavy (non-hydrogen) atoms. The summed E-state index contributed by atoms with van der Waals surface area (Å²) in [6.45, 7) is 0.804. The number of hydrogen-bond acceptors (Lipinski definition) is 5. The van der Waals surface area contributed by atoms with Crippen molar-refractivity contribution in [2.75, 3.05) is 19.0 Å². The maximum Gasteiger partial charge on any atom is 0.315 e. The second-order valence-electron chi connectivity index (χ2n) is 7.01. The summed E-state index contributed by atoms with van der Waals surface area (Å²) < 4.78 is 7.06. The van der Waals surface area contributed by atoms with Crippen molar-refractivity contribution < 1.29 is 9.53 Å². The highest BCUT2D eigenvalue weighted by atomic mass is 32.2. The average Bonchev–Trinajstić information content (AvgIpc) is 3.26. The fraction of sp³-hybridized carbons (Fsp3) is 0.706. The second-order valence-corrected chi connectivity index (χ2v) is 8.12. The lowest BCUT2D eigenvalue weighted by molar-refractivity contribution is 0.180. The molecule has 0 aromatic carbocycles. The lowest BCUT2D eigenvalue weighted by Gasteiger charge is -2.23. The van der Waals surface area contributed by atoms with Crippen LogP contribution in [0.2, 0.25) is 0 Å². The van der Waals surface area contributed by atoms with Crippen LogP contribution < -0.4 is 16.2 Å². The van der Waals surface area contributed by atoms with Crippen LogP contribution >= 0.6 is 11.8 Å². The fourth-order valence-corrected chi connectivity index (χ4v) is 4.81. The van der Waals surface area contributed by atoms with Crippen LogP contribution in [-0.4, -0.2) is 46.9 Å². The van der Waals surface area contributed by atoms with Gasteiger partial charge in [0.15, 0.2) is 0 Å². The van der Waals surface area contributed by atoms with Gasteiger partial charge < -0.3 is 15.4 Å². The third-order valence-corrected chi connectivity index (χ3v) is 6.24. The molecular formula is C17H24N4O3S. The quantitative estimate of drug-likeness (QED) is 0.842. The maximum atomic E-state index is 12.5. The lowest BCUT2D eigenvalue weighted by Crippen LogP contribution is -2.49. The molecule has 8 heteroatoms. The van der Waals surface area contributed by atoms with E-state index in [9.17, 15) is 9.59 Å². The molecule has 2 unspecified atom stereocenters. The highest BCUT2D eigenvalue weighted by Crippen LogP contribution is 2.23. The number of thioether (sulfide) groups is 1. The Morgan fingerprint density at radius 3 is 2.96 bits per heavy atom. The molecule has 1 saturated heterocycles. The third kappa shape index (κ3) is 3.69. The number of fused-ring (bicyclic) bond motifs is 1. The minimum Gasteiger partial charge on any atom is -0.377 e. The summed E-state index contributed by atoms with van der Waals surface area (Å²) in [6, 6.07) is 1.31. The van der Waals surface area contributed by atoms with E-state index < -0.39 is 0 Å². The van der Waals surface area contributed by atoms with Gasteiger partial charge in [0.05, 0.1) is 24.9 Å². The van der Waals surface area contributed by atoms with Crippen molar-refractivity contribution in [3.05, 3.63) is 27.7 Å². The summed E-state index contributed by atoms with van der Waals surface area (Å²) in [6.07, 6.45) is 5.32. The predicted octanol–water partition coefficient (Wildman–Crippen LogP) is 1.21. The van der Waals surface area contributed by atoms with Gasteiger partial charge in [0.25, 0.3) is 5.56 Å². The van der Waals surface area contributed by atoms with Gasteiger partial charge in [-0.3, -0.25) is 4.79 Å². The summed E-state index contributed by atoms with van der Waals surface area (Å²) in [5.41, 5.74) is 1.93. The first-order valence-corrected chi connectivity index (χ1v) is 10.2. The number of rotatable bonds is 3. The summed E-state index contributed by atoms with van der Waals surface area (Å²) in [7, 11) is 0. The molecule has 2 N–H and O–H groups in total. The zero-order valence-electron chi connectivity index (χ0n) is 14.2. The lowest BCUT2D eigenvalue weighted by atomic mass is 10.1. The molecule has 0 radical (unpaired) electrons. The number of nitrogens with one attached hydrogen (secondary N) is 2. The predicted molar refractivity (Wildman–Crippen MR) is 95.9 cm³/mol. The normalized spacial score (nSPS) is 26.4. The Morgan fingerprint density at radius 1 is 1.28 bits per heavy atom. The van der Waals surface area contributed by atoms with Crippen LogP contribution in [0.4, 0.5) is 4.79 Å². The van der Waals surface area contributed by atoms with E-state index in [-0.39, 0.29) is 29.7 Å². The van der Waals surface area contributed by atoms with Crippen LogP contribution in [0, 0.1) is 0 Å². The molecule has 0 bridgehead atoms. The minimum atomic E-state index is -0.248. The second kappa shape index (κ2) is 7.37. The molecule has 1 aliphatic carbocycles. The number of urea groups is 1. The number of aromatic nitrogens is 2. The summed E-state index contributed by atoms with van der Waals surface area (Å²) in [4.78, 5) is 24.8. The van der Waals surface area contributed by atoms with Gasteiger partial charge in [0, 0.05) is 24.3 Å². The van der Waals surface area contributed by atoms with Gasteiger partial charge >= 0.3 is 6.03 Å². The van der Waals surface area contributed by atoms with Crippen molar-refractivity contribution in [1.29, 1.82) is 0 Å². The maximum absolute atomic E-state index is 12.5. The van der Waals surface area contributed by atoms with Crippen molar-refractivity contribution >= 4 is 17.8 Å². The van der Waals surface area contributed by atoms with E-state index in [0.29, 0.717) is 13.2 Å². The van der Waals surface area contributed by atoms with E-state index in [0.717, 1.165) is 42.0 Å². The van der Waals surface area contributed by atoms with E-state index in [1.54, 1.807) is 6.07 Å². The van der Waals surface area contributed by atoms with Gasteiger partial charge in [-0.05, 0) is 24.2 Å². The van der Waals surface area contributed by atoms with Gasteiger partial charge in [-0.15, -0.1) is 0 Å². The zero-order chi connectivity index (χ0) is 17.2. The third-order valence-electron chi connectivity index (χ3n) is 5.23. The molecular weight excluding hydrogens is 340 g/mol. The molecule has 136 valence electrons. The smallest absolute Gasteiger partial charge is 0.315 e. The number of hydrogen-bond donors (Lipinski definition) is 2. The molecule has 1 aromatic rings. The van der Waals surface area contributed by atoms with Crippen LogP contribution in [0.1, 0.15) is 43.0 Å². The monoisotopic (exact) mass is 364 g/mol. The molecule has 2 amide bonds. The first-order chi connectivity index (χ1) is 12.2. The first-order valence-electron chi connectivity index (χ1n) is 9.05. The molecule has 4 rings (SSSR count). The van der Waals surface area contributed by atoms with Crippen LogP contribution in [0.5, 0.6) is 0 Å². The van der Waals surface area contributed by atoms with Gasteiger partial charge in [-0.2, -0.15) is 16.9 Å². The van der Waals surface area contributed by atoms with Crippen LogP contribution in [0.15, 0.2) is 10.9 Å². The molecule has 2 aliphatic heterocycles. The Morgan fingerprint density at radius 2 is 2.12 bits per heavy atom. The topological polar surface area (TPSA) is 85.2 Å². The van der Waals surface area contributed by atoms with Crippen molar-refractivity contribution in [2.45, 2.75) is 56.0 Å². The zero-order valence-corrected chi connectivity index (χ0v) is 15.0. The van der Waals surface area contributed by atoms with Crippen LogP contribution in [-0.2, 0) is 16.9 Å². The Labute approximate surface area is 150 Å². The van der Waals surface area contributed by atoms with Gasteiger partial charge in [0.2, 0.25) is 0 Å². The SMILES string of the molecule is O=C(NC1CCCC1)NC1COCC1n1nc2c(cc1=O)CSCC2. The number of aryl methyl sites for hydroxylation is 1. The van der Waals surface area contributed by atoms with Crippen LogP contribution in [0.3, 0.4) is 0 Å². The van der Waals surface area contributed by atoms with E-state index in [1.807, 2.05) is 11.8 Å². The Kier molecular flexibility index (Phi) is 4.98. The van der Waals surface area contributed by atoms with E-state index in [1.165, 1.54) is 17.5 Å². The molecule has 3 aliphatic rings. The summed E-state index contributed by atoms with van der Waals surface area (Å²) >= 11 is 1.83. The largest absolute Gasteiger partial charge is 0.377 e. The molecule has 2 fully saturated rings. The highest BCUT2D eigenvalue weighted by molar-refractivity contribution is 7.98. The molecule has 3 heterocycles. The van der Waals surface area contributed by atoms with Gasteiger partial charge in [-0.1, -0.05) is 12.8 Å². The summed E-state index contributed by atoms with van der Waals surface area (Å²) in [5, 5.41) is 10.6. The first kappa shape index (κ1) is 16.9. The van der Waals surface area contributed by atoms with Crippen molar-refractivity contribution in [2.24, 2.45) is 0 Å². The van der Waals surface area contributed by atoms with E-state index in [2.05, 4.69) is 15.7 Å². The molecule has 7 nitrogen and oxygen atoms in total. The average molecular weight is 364 g/mol. The highest BCUT2D eigenvalue weighted by Gasteiger charge is 2.33. The van der Waals surface area contributed by atoms with Crippen molar-refractivity contribution in [3.8, 4) is 0 Å². The Bertz CT molecular complexity index is 702. The van der Waals surface area contributed by atoms with Gasteiger partial charge in [-0.25, -0.2) is 9.48 Å². The van der Waals surface area contributed by atoms with Crippen molar-refractivity contribution in [1.82, 2.24) is 20.4 Å². The Balaban J connectivity index is 1.47. The van der Waals surface area contributed by atoms with E-state index >= 15 is 0 Å². The van der Waals surface area contributed by atoms with Crippen LogP contribution in [0.25, 0.3) is 0 Å². The molecule has 1 aromatic heterocycles. The van der Waals surface area contributed by atoms with Crippen molar-refractivity contribution in [3.63, 3.8) is 0 Å². The number of nitrogens with zero attached hydrogens (tertiary/aromatic N) is 2. The fourth-order valence-electron chi connectivity index (χ4n) is 3.85. The Hall–Kier alpha value is -1.54. The number of carbonyl (C=O) groups excluding carboxylic acids is 1. The number of carbonyl (C=O) groups is 1. The minimum absolute atomic E-state index is 0.111. The van der Waals surface area contributed by atoms with Gasteiger partial charge in [0.1, 0.15) is 6.04 Å². The number of amides is 2. The molecule has 0 spiro atoms. The molecule has 1 saturated carbocycles.